The number of benzene rings is 1. The lowest BCUT2D eigenvalue weighted by atomic mass is 10.2. The highest BCUT2D eigenvalue weighted by atomic mass is 35.5. The molecule has 0 saturated carbocycles. The second kappa shape index (κ2) is 5.66. The van der Waals surface area contributed by atoms with Gasteiger partial charge in [0.1, 0.15) is 5.75 Å². The molecule has 2 N–H and O–H groups in total. The summed E-state index contributed by atoms with van der Waals surface area (Å²) in [4.78, 5) is 3.93. The molecule has 0 fully saturated rings. The minimum atomic E-state index is 0.306. The van der Waals surface area contributed by atoms with Gasteiger partial charge in [-0.3, -0.25) is 4.98 Å². The standard InChI is InChI=1S/C13H13ClN2O/c14-12-9-15-6-5-10(12)7-16-8-11-3-1-2-4-13(11)17/h1-6,9,16-17H,7-8H2. The van der Waals surface area contributed by atoms with Crippen LogP contribution in [0.4, 0.5) is 0 Å². The molecule has 0 unspecified atom stereocenters. The topological polar surface area (TPSA) is 45.1 Å². The molecule has 0 atom stereocenters. The molecule has 0 radical (unpaired) electrons. The average molecular weight is 249 g/mol. The van der Waals surface area contributed by atoms with Crippen molar-refractivity contribution in [3.8, 4) is 5.75 Å². The minimum Gasteiger partial charge on any atom is -0.508 e. The number of pyridine rings is 1. The Morgan fingerprint density at radius 1 is 1.12 bits per heavy atom. The summed E-state index contributed by atoms with van der Waals surface area (Å²) >= 11 is 5.99. The maximum Gasteiger partial charge on any atom is 0.120 e. The third-order valence-electron chi connectivity index (χ3n) is 2.48. The van der Waals surface area contributed by atoms with Crippen LogP contribution in [0.1, 0.15) is 11.1 Å². The van der Waals surface area contributed by atoms with Crippen molar-refractivity contribution < 1.29 is 5.11 Å². The van der Waals surface area contributed by atoms with Gasteiger partial charge < -0.3 is 10.4 Å². The van der Waals surface area contributed by atoms with Crippen molar-refractivity contribution in [2.45, 2.75) is 13.1 Å². The number of aromatic nitrogens is 1. The van der Waals surface area contributed by atoms with Crippen molar-refractivity contribution in [3.63, 3.8) is 0 Å². The summed E-state index contributed by atoms with van der Waals surface area (Å²) in [6, 6.07) is 9.14. The molecule has 1 heterocycles. The smallest absolute Gasteiger partial charge is 0.120 e. The van der Waals surface area contributed by atoms with Gasteiger partial charge in [0.25, 0.3) is 0 Å². The van der Waals surface area contributed by atoms with E-state index in [1.165, 1.54) is 0 Å². The van der Waals surface area contributed by atoms with E-state index in [-0.39, 0.29) is 0 Å². The van der Waals surface area contributed by atoms with Crippen LogP contribution in [-0.2, 0) is 13.1 Å². The van der Waals surface area contributed by atoms with E-state index in [2.05, 4.69) is 10.3 Å². The molecular formula is C13H13ClN2O. The Bertz CT molecular complexity index is 457. The maximum absolute atomic E-state index is 9.59. The first-order valence-corrected chi connectivity index (χ1v) is 5.71. The quantitative estimate of drug-likeness (QED) is 0.875. The zero-order valence-electron chi connectivity index (χ0n) is 9.23. The second-order valence-electron chi connectivity index (χ2n) is 3.70. The molecule has 2 aromatic rings. The number of nitrogens with one attached hydrogen (secondary N) is 1. The number of hydrogen-bond acceptors (Lipinski definition) is 3. The van der Waals surface area contributed by atoms with E-state index < -0.39 is 0 Å². The fourth-order valence-electron chi connectivity index (χ4n) is 1.54. The van der Waals surface area contributed by atoms with Gasteiger partial charge in [-0.25, -0.2) is 0 Å². The van der Waals surface area contributed by atoms with E-state index in [4.69, 9.17) is 11.6 Å². The van der Waals surface area contributed by atoms with Crippen LogP contribution < -0.4 is 5.32 Å². The largest absolute Gasteiger partial charge is 0.508 e. The molecule has 0 bridgehead atoms. The lowest BCUT2D eigenvalue weighted by Gasteiger charge is -2.07. The maximum atomic E-state index is 9.59. The monoisotopic (exact) mass is 248 g/mol. The van der Waals surface area contributed by atoms with E-state index in [0.29, 0.717) is 23.9 Å². The molecule has 0 aliphatic heterocycles. The highest BCUT2D eigenvalue weighted by molar-refractivity contribution is 6.31. The molecular weight excluding hydrogens is 236 g/mol. The van der Waals surface area contributed by atoms with Crippen LogP contribution in [0.3, 0.4) is 0 Å². The molecule has 0 spiro atoms. The van der Waals surface area contributed by atoms with E-state index in [9.17, 15) is 5.11 Å². The van der Waals surface area contributed by atoms with Crippen molar-refractivity contribution >= 4 is 11.6 Å². The predicted octanol–water partition coefficient (Wildman–Crippen LogP) is 2.73. The van der Waals surface area contributed by atoms with Crippen LogP contribution >= 0.6 is 11.6 Å². The van der Waals surface area contributed by atoms with Gasteiger partial charge in [-0.2, -0.15) is 0 Å². The molecule has 0 amide bonds. The minimum absolute atomic E-state index is 0.306. The number of phenols is 1. The lowest BCUT2D eigenvalue weighted by molar-refractivity contribution is 0.464. The molecule has 0 aliphatic carbocycles. The van der Waals surface area contributed by atoms with Gasteiger partial charge in [0.15, 0.2) is 0 Å². The summed E-state index contributed by atoms with van der Waals surface area (Å²) < 4.78 is 0. The molecule has 1 aromatic heterocycles. The summed E-state index contributed by atoms with van der Waals surface area (Å²) in [6.45, 7) is 1.25. The molecule has 0 aliphatic rings. The Balaban J connectivity index is 1.93. The summed E-state index contributed by atoms with van der Waals surface area (Å²) in [5.41, 5.74) is 1.87. The molecule has 3 nitrogen and oxygen atoms in total. The normalized spacial score (nSPS) is 10.4. The fourth-order valence-corrected chi connectivity index (χ4v) is 1.73. The van der Waals surface area contributed by atoms with Crippen LogP contribution in [-0.4, -0.2) is 10.1 Å². The van der Waals surface area contributed by atoms with Crippen LogP contribution in [0, 0.1) is 0 Å². The second-order valence-corrected chi connectivity index (χ2v) is 4.11. The molecule has 0 saturated heterocycles. The van der Waals surface area contributed by atoms with Gasteiger partial charge >= 0.3 is 0 Å². The van der Waals surface area contributed by atoms with E-state index in [0.717, 1.165) is 11.1 Å². The first-order valence-electron chi connectivity index (χ1n) is 5.33. The van der Waals surface area contributed by atoms with Gasteiger partial charge in [0, 0.05) is 31.0 Å². The van der Waals surface area contributed by atoms with Crippen molar-refractivity contribution in [2.24, 2.45) is 0 Å². The van der Waals surface area contributed by atoms with Crippen molar-refractivity contribution in [1.29, 1.82) is 0 Å². The summed E-state index contributed by atoms with van der Waals surface area (Å²) in [6.07, 6.45) is 3.33. The van der Waals surface area contributed by atoms with Crippen LogP contribution in [0.15, 0.2) is 42.7 Å². The van der Waals surface area contributed by atoms with Gasteiger partial charge in [0.2, 0.25) is 0 Å². The van der Waals surface area contributed by atoms with Gasteiger partial charge in [-0.15, -0.1) is 0 Å². The number of hydrogen-bond donors (Lipinski definition) is 2. The molecule has 88 valence electrons. The first-order chi connectivity index (χ1) is 8.27. The van der Waals surface area contributed by atoms with Crippen LogP contribution in [0.25, 0.3) is 0 Å². The Labute approximate surface area is 105 Å². The van der Waals surface area contributed by atoms with Crippen molar-refractivity contribution in [2.75, 3.05) is 0 Å². The third-order valence-corrected chi connectivity index (χ3v) is 2.82. The number of phenolic OH excluding ortho intramolecular Hbond substituents is 1. The Morgan fingerprint density at radius 3 is 2.65 bits per heavy atom. The van der Waals surface area contributed by atoms with Crippen molar-refractivity contribution in [3.05, 3.63) is 58.9 Å². The molecule has 1 aromatic carbocycles. The van der Waals surface area contributed by atoms with E-state index in [1.807, 2.05) is 18.2 Å². The SMILES string of the molecule is Oc1ccccc1CNCc1ccncc1Cl. The summed E-state index contributed by atoms with van der Waals surface area (Å²) in [5, 5.41) is 13.5. The van der Waals surface area contributed by atoms with Crippen molar-refractivity contribution in [1.82, 2.24) is 10.3 Å². The average Bonchev–Trinajstić information content (AvgIpc) is 2.34. The molecule has 2 rings (SSSR count). The van der Waals surface area contributed by atoms with E-state index >= 15 is 0 Å². The number of aromatic hydroxyl groups is 1. The predicted molar refractivity (Wildman–Crippen MR) is 67.9 cm³/mol. The number of rotatable bonds is 4. The Morgan fingerprint density at radius 2 is 1.88 bits per heavy atom. The van der Waals surface area contributed by atoms with Crippen LogP contribution in [0.5, 0.6) is 5.75 Å². The first kappa shape index (κ1) is 11.9. The third kappa shape index (κ3) is 3.19. The Kier molecular flexibility index (Phi) is 3.96. The fraction of sp³-hybridized carbons (Fsp3) is 0.154. The lowest BCUT2D eigenvalue weighted by Crippen LogP contribution is -2.13. The molecule has 17 heavy (non-hydrogen) atoms. The summed E-state index contributed by atoms with van der Waals surface area (Å²) in [7, 11) is 0. The van der Waals surface area contributed by atoms with Gasteiger partial charge in [-0.1, -0.05) is 29.8 Å². The number of nitrogens with zero attached hydrogens (tertiary/aromatic N) is 1. The number of para-hydroxylation sites is 1. The highest BCUT2D eigenvalue weighted by Gasteiger charge is 2.01. The number of halogens is 1. The van der Waals surface area contributed by atoms with E-state index in [1.54, 1.807) is 24.5 Å². The van der Waals surface area contributed by atoms with Gasteiger partial charge in [0.05, 0.1) is 5.02 Å². The zero-order valence-corrected chi connectivity index (χ0v) is 9.98. The Hall–Kier alpha value is -1.58. The zero-order chi connectivity index (χ0) is 12.1. The van der Waals surface area contributed by atoms with Crippen LogP contribution in [0.2, 0.25) is 5.02 Å². The highest BCUT2D eigenvalue weighted by Crippen LogP contribution is 2.16. The summed E-state index contributed by atoms with van der Waals surface area (Å²) in [5.74, 6) is 0.306. The molecule has 4 heteroatoms. The van der Waals surface area contributed by atoms with Gasteiger partial charge in [-0.05, 0) is 17.7 Å².